The lowest BCUT2D eigenvalue weighted by Gasteiger charge is -2.09. The highest BCUT2D eigenvalue weighted by Crippen LogP contribution is 2.24. The molecule has 7 heteroatoms. The van der Waals surface area contributed by atoms with Gasteiger partial charge in [-0.05, 0) is 42.5 Å². The van der Waals surface area contributed by atoms with Gasteiger partial charge in [-0.3, -0.25) is 24.1 Å². The Morgan fingerprint density at radius 3 is 2.23 bits per heavy atom. The summed E-state index contributed by atoms with van der Waals surface area (Å²) in [6.45, 7) is 3.64. The van der Waals surface area contributed by atoms with Crippen molar-refractivity contribution >= 4 is 29.3 Å². The van der Waals surface area contributed by atoms with Crippen LogP contribution in [-0.2, 0) is 0 Å². The number of nitrogens with two attached hydrogens (primary N) is 1. The van der Waals surface area contributed by atoms with Crippen LogP contribution < -0.4 is 11.1 Å². The number of imide groups is 1. The quantitative estimate of drug-likeness (QED) is 0.634. The van der Waals surface area contributed by atoms with Gasteiger partial charge in [-0.25, -0.2) is 0 Å². The monoisotopic (exact) mass is 349 g/mol. The minimum Gasteiger partial charge on any atom is -0.366 e. The van der Waals surface area contributed by atoms with Crippen molar-refractivity contribution < 1.29 is 19.2 Å². The average Bonchev–Trinajstić information content (AvgIpc) is 2.87. The van der Waals surface area contributed by atoms with Crippen molar-refractivity contribution in [3.63, 3.8) is 0 Å². The van der Waals surface area contributed by atoms with E-state index in [0.717, 1.165) is 4.90 Å². The average molecular weight is 349 g/mol. The second-order valence-electron chi connectivity index (χ2n) is 5.67. The molecule has 3 rings (SSSR count). The molecule has 7 nitrogen and oxygen atoms in total. The number of primary amides is 1. The Balaban J connectivity index is 1.82. The molecule has 1 aliphatic heterocycles. The molecular formula is C19H15N3O4. The molecule has 3 N–H and O–H groups in total. The van der Waals surface area contributed by atoms with Crippen molar-refractivity contribution in [2.24, 2.45) is 5.73 Å². The van der Waals surface area contributed by atoms with E-state index in [1.807, 2.05) is 0 Å². The highest BCUT2D eigenvalue weighted by atomic mass is 16.2. The van der Waals surface area contributed by atoms with Gasteiger partial charge in [0.1, 0.15) is 0 Å². The third-order valence-electron chi connectivity index (χ3n) is 3.97. The van der Waals surface area contributed by atoms with Crippen LogP contribution in [0.4, 0.5) is 5.69 Å². The molecule has 0 unspecified atom stereocenters. The fourth-order valence-electron chi connectivity index (χ4n) is 2.65. The van der Waals surface area contributed by atoms with E-state index in [1.165, 1.54) is 36.4 Å². The van der Waals surface area contributed by atoms with Gasteiger partial charge in [0, 0.05) is 23.4 Å². The Morgan fingerprint density at radius 1 is 1.00 bits per heavy atom. The molecular weight excluding hydrogens is 334 g/mol. The number of hydrogen-bond donors (Lipinski definition) is 2. The smallest absolute Gasteiger partial charge is 0.261 e. The third-order valence-corrected chi connectivity index (χ3v) is 3.97. The zero-order chi connectivity index (χ0) is 18.8. The van der Waals surface area contributed by atoms with E-state index in [2.05, 4.69) is 11.9 Å². The maximum atomic E-state index is 12.4. The number of carbonyl (C=O) groups excluding carboxylic acids is 4. The van der Waals surface area contributed by atoms with Gasteiger partial charge >= 0.3 is 0 Å². The highest BCUT2D eigenvalue weighted by Gasteiger charge is 2.35. The number of rotatable bonds is 5. The van der Waals surface area contributed by atoms with Crippen molar-refractivity contribution in [3.05, 3.63) is 77.4 Å². The van der Waals surface area contributed by atoms with Crippen LogP contribution in [0.3, 0.4) is 0 Å². The Bertz CT molecular complexity index is 948. The standard InChI is InChI=1S/C19H15N3O4/c1-2-9-22-18(25)14-8-5-12(10-15(14)19(22)26)17(24)21-13-6-3-11(4-7-13)16(20)23/h2-8,10H,1,9H2,(H2,20,23)(H,21,24). The van der Waals surface area contributed by atoms with Crippen LogP contribution in [0.15, 0.2) is 55.1 Å². The molecule has 1 aliphatic rings. The van der Waals surface area contributed by atoms with Gasteiger partial charge in [0.15, 0.2) is 0 Å². The first-order chi connectivity index (χ1) is 12.4. The third kappa shape index (κ3) is 2.98. The molecule has 0 aromatic heterocycles. The van der Waals surface area contributed by atoms with Gasteiger partial charge in [-0.2, -0.15) is 0 Å². The van der Waals surface area contributed by atoms with Gasteiger partial charge < -0.3 is 11.1 Å². The molecule has 1 heterocycles. The van der Waals surface area contributed by atoms with Crippen LogP contribution in [0.5, 0.6) is 0 Å². The normalized spacial score (nSPS) is 12.7. The summed E-state index contributed by atoms with van der Waals surface area (Å²) < 4.78 is 0. The summed E-state index contributed by atoms with van der Waals surface area (Å²) in [7, 11) is 0. The zero-order valence-electron chi connectivity index (χ0n) is 13.7. The Labute approximate surface area is 149 Å². The van der Waals surface area contributed by atoms with Crippen molar-refractivity contribution in [2.45, 2.75) is 0 Å². The minimum absolute atomic E-state index is 0.111. The summed E-state index contributed by atoms with van der Waals surface area (Å²) in [5.41, 5.74) is 6.66. The Kier molecular flexibility index (Phi) is 4.36. The molecule has 130 valence electrons. The van der Waals surface area contributed by atoms with E-state index >= 15 is 0 Å². The first kappa shape index (κ1) is 17.1. The summed E-state index contributed by atoms with van der Waals surface area (Å²) >= 11 is 0. The Morgan fingerprint density at radius 2 is 1.62 bits per heavy atom. The lowest BCUT2D eigenvalue weighted by Crippen LogP contribution is -2.29. The number of nitrogens with zero attached hydrogens (tertiary/aromatic N) is 1. The lowest BCUT2D eigenvalue weighted by molar-refractivity contribution is 0.0671. The predicted octanol–water partition coefficient (Wildman–Crippen LogP) is 1.82. The van der Waals surface area contributed by atoms with Crippen LogP contribution in [0.1, 0.15) is 41.4 Å². The van der Waals surface area contributed by atoms with Crippen LogP contribution in [0.25, 0.3) is 0 Å². The maximum absolute atomic E-state index is 12.4. The number of hydrogen-bond acceptors (Lipinski definition) is 4. The largest absolute Gasteiger partial charge is 0.366 e. The van der Waals surface area contributed by atoms with E-state index in [-0.39, 0.29) is 23.2 Å². The van der Waals surface area contributed by atoms with Crippen LogP contribution >= 0.6 is 0 Å². The highest BCUT2D eigenvalue weighted by molar-refractivity contribution is 6.22. The fraction of sp³-hybridized carbons (Fsp3) is 0.0526. The van der Waals surface area contributed by atoms with E-state index in [9.17, 15) is 19.2 Å². The van der Waals surface area contributed by atoms with E-state index in [1.54, 1.807) is 12.1 Å². The van der Waals surface area contributed by atoms with E-state index < -0.39 is 23.6 Å². The summed E-state index contributed by atoms with van der Waals surface area (Å²) in [6, 6.07) is 10.4. The van der Waals surface area contributed by atoms with E-state index in [4.69, 9.17) is 5.73 Å². The molecule has 0 aliphatic carbocycles. The summed E-state index contributed by atoms with van der Waals surface area (Å²) in [5, 5.41) is 2.66. The van der Waals surface area contributed by atoms with Gasteiger partial charge in [0.2, 0.25) is 5.91 Å². The molecule has 2 aromatic carbocycles. The van der Waals surface area contributed by atoms with Gasteiger partial charge in [0.05, 0.1) is 11.1 Å². The van der Waals surface area contributed by atoms with Gasteiger partial charge in [0.25, 0.3) is 17.7 Å². The van der Waals surface area contributed by atoms with Crippen LogP contribution in [-0.4, -0.2) is 35.1 Å². The molecule has 0 atom stereocenters. The molecule has 26 heavy (non-hydrogen) atoms. The Hall–Kier alpha value is -3.74. The second kappa shape index (κ2) is 6.64. The number of benzene rings is 2. The number of amides is 4. The first-order valence-corrected chi connectivity index (χ1v) is 7.74. The van der Waals surface area contributed by atoms with Crippen molar-refractivity contribution in [1.82, 2.24) is 4.90 Å². The molecule has 4 amide bonds. The van der Waals surface area contributed by atoms with Gasteiger partial charge in [-0.1, -0.05) is 6.08 Å². The summed E-state index contributed by atoms with van der Waals surface area (Å²) in [6.07, 6.45) is 1.46. The zero-order valence-corrected chi connectivity index (χ0v) is 13.7. The topological polar surface area (TPSA) is 110 Å². The number of nitrogens with one attached hydrogen (secondary N) is 1. The first-order valence-electron chi connectivity index (χ1n) is 7.74. The SMILES string of the molecule is C=CCN1C(=O)c2ccc(C(=O)Nc3ccc(C(N)=O)cc3)cc2C1=O. The fourth-order valence-corrected chi connectivity index (χ4v) is 2.65. The van der Waals surface area contributed by atoms with Crippen LogP contribution in [0, 0.1) is 0 Å². The molecule has 0 saturated heterocycles. The van der Waals surface area contributed by atoms with E-state index in [0.29, 0.717) is 11.3 Å². The van der Waals surface area contributed by atoms with Crippen molar-refractivity contribution in [3.8, 4) is 0 Å². The number of fused-ring (bicyclic) bond motifs is 1. The molecule has 0 bridgehead atoms. The number of anilines is 1. The molecule has 0 radical (unpaired) electrons. The van der Waals surface area contributed by atoms with Crippen molar-refractivity contribution in [2.75, 3.05) is 11.9 Å². The molecule has 0 spiro atoms. The molecule has 2 aromatic rings. The van der Waals surface area contributed by atoms with Crippen LogP contribution in [0.2, 0.25) is 0 Å². The molecule has 0 fully saturated rings. The second-order valence-corrected chi connectivity index (χ2v) is 5.67. The van der Waals surface area contributed by atoms with Crippen molar-refractivity contribution in [1.29, 1.82) is 0 Å². The summed E-state index contributed by atoms with van der Waals surface area (Å²) in [4.78, 5) is 49.0. The maximum Gasteiger partial charge on any atom is 0.261 e. The summed E-state index contributed by atoms with van der Waals surface area (Å²) in [5.74, 6) is -1.86. The minimum atomic E-state index is -0.561. The number of carbonyl (C=O) groups is 4. The van der Waals surface area contributed by atoms with Gasteiger partial charge in [-0.15, -0.1) is 6.58 Å². The lowest BCUT2D eigenvalue weighted by atomic mass is 10.1. The molecule has 0 saturated carbocycles. The predicted molar refractivity (Wildman–Crippen MR) is 94.9 cm³/mol.